The van der Waals surface area contributed by atoms with Crippen LogP contribution in [0.5, 0.6) is 0 Å². The average molecular weight is 346 g/mol. The standard InChI is InChI=1S/C12H12BrNO6/c13-9-2-1-8(20-9)10(15)14-4-3-6(11(16)17)7(5-14)12(18)19/h1-2,6-7H,3-5H2,(H,16,17)(H,18,19). The average Bonchev–Trinajstić information content (AvgIpc) is 2.83. The zero-order chi connectivity index (χ0) is 14.9. The van der Waals surface area contributed by atoms with E-state index in [4.69, 9.17) is 14.6 Å². The quantitative estimate of drug-likeness (QED) is 0.854. The van der Waals surface area contributed by atoms with Crippen molar-refractivity contribution >= 4 is 33.8 Å². The molecule has 8 heteroatoms. The van der Waals surface area contributed by atoms with E-state index < -0.39 is 29.7 Å². The number of amides is 1. The van der Waals surface area contributed by atoms with E-state index in [1.165, 1.54) is 11.0 Å². The fourth-order valence-electron chi connectivity index (χ4n) is 2.27. The van der Waals surface area contributed by atoms with Crippen molar-refractivity contribution in [1.29, 1.82) is 0 Å². The van der Waals surface area contributed by atoms with Gasteiger partial charge in [-0.15, -0.1) is 0 Å². The number of piperidine rings is 1. The second-order valence-electron chi connectivity index (χ2n) is 4.53. The number of carboxylic acids is 2. The minimum atomic E-state index is -1.21. The molecule has 1 fully saturated rings. The fourth-order valence-corrected chi connectivity index (χ4v) is 2.57. The molecule has 1 aliphatic rings. The number of halogens is 1. The molecule has 1 aliphatic heterocycles. The van der Waals surface area contributed by atoms with E-state index in [9.17, 15) is 14.4 Å². The van der Waals surface area contributed by atoms with E-state index in [1.807, 2.05) is 0 Å². The summed E-state index contributed by atoms with van der Waals surface area (Å²) in [5, 5.41) is 18.1. The zero-order valence-electron chi connectivity index (χ0n) is 10.3. The number of carbonyl (C=O) groups is 3. The first kappa shape index (κ1) is 14.6. The summed E-state index contributed by atoms with van der Waals surface area (Å²) in [6, 6.07) is 3.04. The van der Waals surface area contributed by atoms with Gasteiger partial charge < -0.3 is 19.5 Å². The maximum atomic E-state index is 12.1. The van der Waals surface area contributed by atoms with E-state index in [-0.39, 0.29) is 25.3 Å². The van der Waals surface area contributed by atoms with Gasteiger partial charge in [0.2, 0.25) is 0 Å². The van der Waals surface area contributed by atoms with Gasteiger partial charge in [0.05, 0.1) is 11.8 Å². The summed E-state index contributed by atoms with van der Waals surface area (Å²) in [6.45, 7) is 0.0569. The first-order valence-corrected chi connectivity index (χ1v) is 6.69. The van der Waals surface area contributed by atoms with Crippen molar-refractivity contribution in [3.8, 4) is 0 Å². The lowest BCUT2D eigenvalue weighted by molar-refractivity contribution is -0.156. The Morgan fingerprint density at radius 2 is 1.85 bits per heavy atom. The van der Waals surface area contributed by atoms with Crippen molar-refractivity contribution in [1.82, 2.24) is 4.90 Å². The van der Waals surface area contributed by atoms with Gasteiger partial charge >= 0.3 is 11.9 Å². The minimum Gasteiger partial charge on any atom is -0.481 e. The molecule has 0 bridgehead atoms. The van der Waals surface area contributed by atoms with Crippen molar-refractivity contribution in [2.24, 2.45) is 11.8 Å². The van der Waals surface area contributed by atoms with Crippen LogP contribution in [-0.2, 0) is 9.59 Å². The van der Waals surface area contributed by atoms with Gasteiger partial charge in [0.15, 0.2) is 10.4 Å². The Balaban J connectivity index is 2.14. The molecule has 2 rings (SSSR count). The molecule has 0 spiro atoms. The lowest BCUT2D eigenvalue weighted by atomic mass is 9.85. The lowest BCUT2D eigenvalue weighted by Gasteiger charge is -2.34. The van der Waals surface area contributed by atoms with Crippen LogP contribution >= 0.6 is 15.9 Å². The van der Waals surface area contributed by atoms with Gasteiger partial charge in [0, 0.05) is 13.1 Å². The largest absolute Gasteiger partial charge is 0.481 e. The first-order valence-electron chi connectivity index (χ1n) is 5.90. The summed E-state index contributed by atoms with van der Waals surface area (Å²) in [7, 11) is 0. The van der Waals surface area contributed by atoms with Crippen molar-refractivity contribution in [2.45, 2.75) is 6.42 Å². The monoisotopic (exact) mass is 345 g/mol. The number of furan rings is 1. The number of carboxylic acid groups (broad SMARTS) is 2. The molecule has 2 atom stereocenters. The van der Waals surface area contributed by atoms with Gasteiger partial charge in [-0.2, -0.15) is 0 Å². The summed E-state index contributed by atoms with van der Waals surface area (Å²) in [4.78, 5) is 35.6. The van der Waals surface area contributed by atoms with Gasteiger partial charge in [-0.05, 0) is 34.5 Å². The third-order valence-electron chi connectivity index (χ3n) is 3.32. The Morgan fingerprint density at radius 1 is 1.20 bits per heavy atom. The molecule has 0 aromatic carbocycles. The molecule has 20 heavy (non-hydrogen) atoms. The van der Waals surface area contributed by atoms with Crippen LogP contribution in [0.4, 0.5) is 0 Å². The van der Waals surface area contributed by atoms with Crippen molar-refractivity contribution in [2.75, 3.05) is 13.1 Å². The molecular formula is C12H12BrNO6. The molecule has 0 radical (unpaired) electrons. The molecule has 2 unspecified atom stereocenters. The van der Waals surface area contributed by atoms with Crippen LogP contribution < -0.4 is 0 Å². The van der Waals surface area contributed by atoms with Gasteiger partial charge in [0.1, 0.15) is 0 Å². The number of rotatable bonds is 3. The number of aliphatic carboxylic acids is 2. The number of carbonyl (C=O) groups excluding carboxylic acids is 1. The Kier molecular flexibility index (Phi) is 4.12. The maximum Gasteiger partial charge on any atom is 0.309 e. The van der Waals surface area contributed by atoms with E-state index >= 15 is 0 Å². The summed E-state index contributed by atoms with van der Waals surface area (Å²) >= 11 is 3.08. The van der Waals surface area contributed by atoms with Crippen LogP contribution in [0.1, 0.15) is 17.0 Å². The highest BCUT2D eigenvalue weighted by Gasteiger charge is 2.40. The molecule has 7 nitrogen and oxygen atoms in total. The highest BCUT2D eigenvalue weighted by atomic mass is 79.9. The maximum absolute atomic E-state index is 12.1. The van der Waals surface area contributed by atoms with Gasteiger partial charge in [-0.1, -0.05) is 0 Å². The number of nitrogens with zero attached hydrogens (tertiary/aromatic N) is 1. The topological polar surface area (TPSA) is 108 Å². The Morgan fingerprint density at radius 3 is 2.35 bits per heavy atom. The predicted molar refractivity (Wildman–Crippen MR) is 69.2 cm³/mol. The zero-order valence-corrected chi connectivity index (χ0v) is 11.9. The number of hydrogen-bond acceptors (Lipinski definition) is 4. The lowest BCUT2D eigenvalue weighted by Crippen LogP contribution is -2.48. The number of likely N-dealkylation sites (tertiary alicyclic amines) is 1. The highest BCUT2D eigenvalue weighted by Crippen LogP contribution is 2.26. The molecule has 1 amide bonds. The van der Waals surface area contributed by atoms with Gasteiger partial charge in [0.25, 0.3) is 5.91 Å². The van der Waals surface area contributed by atoms with E-state index in [0.717, 1.165) is 0 Å². The molecular weight excluding hydrogens is 334 g/mol. The van der Waals surface area contributed by atoms with Crippen molar-refractivity contribution in [3.63, 3.8) is 0 Å². The molecule has 2 heterocycles. The normalized spacial score (nSPS) is 22.6. The summed E-state index contributed by atoms with van der Waals surface area (Å²) in [6.07, 6.45) is 0.111. The third-order valence-corrected chi connectivity index (χ3v) is 3.74. The molecule has 1 aromatic heterocycles. The Bertz CT molecular complexity index is 554. The predicted octanol–water partition coefficient (Wildman–Crippen LogP) is 1.29. The first-order chi connectivity index (χ1) is 9.40. The SMILES string of the molecule is O=C(O)C1CCN(C(=O)c2ccc(Br)o2)CC1C(=O)O. The Labute approximate surface area is 122 Å². The molecule has 0 aliphatic carbocycles. The van der Waals surface area contributed by atoms with Crippen molar-refractivity contribution in [3.05, 3.63) is 22.6 Å². The van der Waals surface area contributed by atoms with Crippen molar-refractivity contribution < 1.29 is 29.0 Å². The van der Waals surface area contributed by atoms with Crippen LogP contribution in [0, 0.1) is 11.8 Å². The van der Waals surface area contributed by atoms with Crippen LogP contribution in [-0.4, -0.2) is 46.0 Å². The smallest absolute Gasteiger partial charge is 0.309 e. The Hall–Kier alpha value is -1.83. The summed E-state index contributed by atoms with van der Waals surface area (Å²) in [5.41, 5.74) is 0. The molecule has 1 aromatic rings. The minimum absolute atomic E-state index is 0.0924. The number of hydrogen-bond donors (Lipinski definition) is 2. The van der Waals surface area contributed by atoms with Gasteiger partial charge in [-0.3, -0.25) is 14.4 Å². The summed E-state index contributed by atoms with van der Waals surface area (Å²) in [5.74, 6) is -4.79. The fraction of sp³-hybridized carbons (Fsp3) is 0.417. The molecule has 108 valence electrons. The second-order valence-corrected chi connectivity index (χ2v) is 5.31. The van der Waals surface area contributed by atoms with Crippen LogP contribution in [0.25, 0.3) is 0 Å². The van der Waals surface area contributed by atoms with E-state index in [1.54, 1.807) is 6.07 Å². The molecule has 0 saturated carbocycles. The van der Waals surface area contributed by atoms with Gasteiger partial charge in [-0.25, -0.2) is 0 Å². The van der Waals surface area contributed by atoms with Crippen LogP contribution in [0.2, 0.25) is 0 Å². The van der Waals surface area contributed by atoms with Crippen LogP contribution in [0.15, 0.2) is 21.2 Å². The second kappa shape index (κ2) is 5.66. The third kappa shape index (κ3) is 2.84. The summed E-state index contributed by atoms with van der Waals surface area (Å²) < 4.78 is 5.53. The van der Waals surface area contributed by atoms with Crippen LogP contribution in [0.3, 0.4) is 0 Å². The molecule has 2 N–H and O–H groups in total. The van der Waals surface area contributed by atoms with E-state index in [0.29, 0.717) is 4.67 Å². The molecule has 1 saturated heterocycles. The van der Waals surface area contributed by atoms with E-state index in [2.05, 4.69) is 15.9 Å². The highest BCUT2D eigenvalue weighted by molar-refractivity contribution is 9.10.